The third-order valence-corrected chi connectivity index (χ3v) is 13.3. The van der Waals surface area contributed by atoms with E-state index in [4.69, 9.17) is 0 Å². The minimum atomic E-state index is -0.973. The molecule has 2 N–H and O–H groups in total. The molecule has 0 bridgehead atoms. The Morgan fingerprint density at radius 1 is 0.898 bits per heavy atom. The predicted octanol–water partition coefficient (Wildman–Crippen LogP) is 9.66. The average molecular weight is 666 g/mol. The van der Waals surface area contributed by atoms with Gasteiger partial charge < -0.3 is 15.1 Å². The second-order valence-corrected chi connectivity index (χ2v) is 16.3. The van der Waals surface area contributed by atoms with Gasteiger partial charge in [0, 0.05) is 19.0 Å². The van der Waals surface area contributed by atoms with Crippen LogP contribution in [0, 0.1) is 29.1 Å². The molecule has 5 heteroatoms. The summed E-state index contributed by atoms with van der Waals surface area (Å²) in [5.74, 6) is 1.84. The van der Waals surface area contributed by atoms with Crippen molar-refractivity contribution in [2.24, 2.45) is 29.1 Å². The van der Waals surface area contributed by atoms with Crippen molar-refractivity contribution in [2.75, 3.05) is 13.1 Å². The number of aliphatic hydroxyl groups excluding tert-OH is 1. The summed E-state index contributed by atoms with van der Waals surface area (Å²) in [6, 6.07) is 24.4. The van der Waals surface area contributed by atoms with Crippen molar-refractivity contribution in [3.8, 4) is 16.9 Å². The third-order valence-electron chi connectivity index (χ3n) is 13.3. The molecule has 7 atom stereocenters. The van der Waals surface area contributed by atoms with E-state index in [1.165, 1.54) is 43.2 Å². The SMILES string of the molecule is C[C@]12C[C@H](F)C3c4ccc(O)cc4C[C@@H](CCCCCN(CC4CCCCC4)C(=O)Cc4ccc(-c5ccccc5)cc4)C3C1CC[C@@H]2O. The van der Waals surface area contributed by atoms with Crippen LogP contribution in [0.15, 0.2) is 72.8 Å². The molecule has 4 nitrogen and oxygen atoms in total. The van der Waals surface area contributed by atoms with Crippen LogP contribution >= 0.6 is 0 Å². The lowest BCUT2D eigenvalue weighted by Gasteiger charge is -2.54. The zero-order valence-corrected chi connectivity index (χ0v) is 29.4. The zero-order chi connectivity index (χ0) is 34.0. The summed E-state index contributed by atoms with van der Waals surface area (Å²) in [7, 11) is 0. The monoisotopic (exact) mass is 665 g/mol. The van der Waals surface area contributed by atoms with E-state index in [9.17, 15) is 15.0 Å². The van der Waals surface area contributed by atoms with Gasteiger partial charge in [-0.25, -0.2) is 4.39 Å². The van der Waals surface area contributed by atoms with E-state index in [1.54, 1.807) is 6.07 Å². The van der Waals surface area contributed by atoms with Crippen molar-refractivity contribution in [1.82, 2.24) is 4.90 Å². The van der Waals surface area contributed by atoms with Crippen LogP contribution in [0.2, 0.25) is 0 Å². The van der Waals surface area contributed by atoms with Crippen molar-refractivity contribution in [1.29, 1.82) is 0 Å². The van der Waals surface area contributed by atoms with Crippen molar-refractivity contribution in [3.05, 3.63) is 89.5 Å². The van der Waals surface area contributed by atoms with E-state index in [2.05, 4.69) is 60.4 Å². The van der Waals surface area contributed by atoms with Gasteiger partial charge in [0.25, 0.3) is 0 Å². The number of aromatic hydroxyl groups is 1. The molecule has 3 fully saturated rings. The van der Waals surface area contributed by atoms with Crippen molar-refractivity contribution in [3.63, 3.8) is 0 Å². The summed E-state index contributed by atoms with van der Waals surface area (Å²) < 4.78 is 16.2. The van der Waals surface area contributed by atoms with Crippen LogP contribution in [0.25, 0.3) is 11.1 Å². The van der Waals surface area contributed by atoms with Gasteiger partial charge in [-0.3, -0.25) is 4.79 Å². The van der Waals surface area contributed by atoms with E-state index in [0.29, 0.717) is 30.6 Å². The van der Waals surface area contributed by atoms with Crippen molar-refractivity contribution >= 4 is 5.91 Å². The molecule has 0 spiro atoms. The Hall–Kier alpha value is -3.18. The highest BCUT2D eigenvalue weighted by Crippen LogP contribution is 2.63. The number of hydrogen-bond acceptors (Lipinski definition) is 3. The van der Waals surface area contributed by atoms with E-state index >= 15 is 4.39 Å². The van der Waals surface area contributed by atoms with Crippen LogP contribution in [-0.4, -0.2) is 46.4 Å². The average Bonchev–Trinajstić information content (AvgIpc) is 3.41. The highest BCUT2D eigenvalue weighted by Gasteiger charge is 2.59. The maximum Gasteiger partial charge on any atom is 0.226 e. The van der Waals surface area contributed by atoms with Gasteiger partial charge in [-0.1, -0.05) is 99.7 Å². The van der Waals surface area contributed by atoms with Crippen molar-refractivity contribution in [2.45, 2.75) is 115 Å². The highest BCUT2D eigenvalue weighted by molar-refractivity contribution is 5.79. The van der Waals surface area contributed by atoms with Crippen LogP contribution in [0.1, 0.15) is 107 Å². The lowest BCUT2D eigenvalue weighted by Crippen LogP contribution is -2.51. The second-order valence-electron chi connectivity index (χ2n) is 16.3. The minimum absolute atomic E-state index is 0.150. The maximum atomic E-state index is 16.2. The van der Waals surface area contributed by atoms with Gasteiger partial charge >= 0.3 is 0 Å². The molecule has 4 aliphatic rings. The van der Waals surface area contributed by atoms with Gasteiger partial charge in [0.15, 0.2) is 0 Å². The number of halogens is 1. The molecule has 262 valence electrons. The summed E-state index contributed by atoms with van der Waals surface area (Å²) in [5, 5.41) is 21.3. The quantitative estimate of drug-likeness (QED) is 0.201. The fourth-order valence-electron chi connectivity index (χ4n) is 10.7. The lowest BCUT2D eigenvalue weighted by molar-refractivity contribution is -0.131. The number of carbonyl (C=O) groups is 1. The Kier molecular flexibility index (Phi) is 10.5. The highest BCUT2D eigenvalue weighted by atomic mass is 19.1. The van der Waals surface area contributed by atoms with Gasteiger partial charge in [-0.15, -0.1) is 0 Å². The van der Waals surface area contributed by atoms with E-state index in [1.807, 2.05) is 18.2 Å². The normalized spacial score (nSPS) is 29.5. The molecule has 0 saturated heterocycles. The Balaban J connectivity index is 0.991. The number of aliphatic hydroxyl groups is 1. The largest absolute Gasteiger partial charge is 0.508 e. The summed E-state index contributed by atoms with van der Waals surface area (Å²) >= 11 is 0. The van der Waals surface area contributed by atoms with Crippen LogP contribution in [0.5, 0.6) is 5.75 Å². The molecule has 0 radical (unpaired) electrons. The first-order valence-corrected chi connectivity index (χ1v) is 19.4. The second kappa shape index (κ2) is 15.0. The van der Waals surface area contributed by atoms with Gasteiger partial charge in [-0.2, -0.15) is 0 Å². The molecular formula is C44H56FNO3. The van der Waals surface area contributed by atoms with Gasteiger partial charge in [0.1, 0.15) is 11.9 Å². The topological polar surface area (TPSA) is 60.8 Å². The van der Waals surface area contributed by atoms with Gasteiger partial charge in [0.2, 0.25) is 5.91 Å². The fourth-order valence-corrected chi connectivity index (χ4v) is 10.7. The molecule has 0 aromatic heterocycles. The summed E-state index contributed by atoms with van der Waals surface area (Å²) in [5.41, 5.74) is 5.27. The number of phenolic OH excluding ortho intramolecular Hbond substituents is 1. The van der Waals surface area contributed by atoms with Crippen LogP contribution in [0.4, 0.5) is 4.39 Å². The van der Waals surface area contributed by atoms with E-state index in [-0.39, 0.29) is 28.9 Å². The van der Waals surface area contributed by atoms with Crippen molar-refractivity contribution < 1.29 is 19.4 Å². The molecule has 1 amide bonds. The van der Waals surface area contributed by atoms with E-state index in [0.717, 1.165) is 74.7 Å². The van der Waals surface area contributed by atoms with E-state index < -0.39 is 12.3 Å². The number of amides is 1. The molecule has 0 heterocycles. The molecule has 3 aromatic rings. The maximum absolute atomic E-state index is 16.2. The summed E-state index contributed by atoms with van der Waals surface area (Å²) in [6.07, 6.45) is 12.5. The standard InChI is InChI=1S/C44H56FNO3/c1-44-28-39(45)43-37-21-20-36(47)27-35(37)26-34(42(43)38(44)22-23-40(44)48)15-9-4-10-24-46(29-31-11-5-2-6-12-31)41(49)25-30-16-18-33(19-17-30)32-13-7-3-8-14-32/h3,7-8,13-14,16-21,27,31,34,38-40,42-43,47-48H,2,4-6,9-12,15,22-26,28-29H2,1H3/t34-,38?,39+,40+,42?,43?,44+/m1/s1. The Morgan fingerprint density at radius 2 is 1.65 bits per heavy atom. The summed E-state index contributed by atoms with van der Waals surface area (Å²) in [4.78, 5) is 16.0. The molecule has 0 aliphatic heterocycles. The Bertz CT molecular complexity index is 1550. The molecule has 4 aliphatic carbocycles. The number of unbranched alkanes of at least 4 members (excludes halogenated alkanes) is 2. The fraction of sp³-hybridized carbons (Fsp3) is 0.568. The number of nitrogens with zero attached hydrogens (tertiary/aromatic N) is 1. The molecule has 7 rings (SSSR count). The number of hydrogen-bond donors (Lipinski definition) is 2. The number of alkyl halides is 1. The smallest absolute Gasteiger partial charge is 0.226 e. The van der Waals surface area contributed by atoms with Gasteiger partial charge in [-0.05, 0) is 120 Å². The van der Waals surface area contributed by atoms with Gasteiger partial charge in [0.05, 0.1) is 12.5 Å². The number of carbonyl (C=O) groups excluding carboxylic acids is 1. The lowest BCUT2D eigenvalue weighted by atomic mass is 9.51. The number of benzene rings is 3. The first-order chi connectivity index (χ1) is 23.8. The number of fused-ring (bicyclic) bond motifs is 5. The Morgan fingerprint density at radius 3 is 2.43 bits per heavy atom. The minimum Gasteiger partial charge on any atom is -0.508 e. The first-order valence-electron chi connectivity index (χ1n) is 19.4. The van der Waals surface area contributed by atoms with Crippen LogP contribution in [0.3, 0.4) is 0 Å². The van der Waals surface area contributed by atoms with Crippen LogP contribution in [-0.2, 0) is 17.6 Å². The zero-order valence-electron chi connectivity index (χ0n) is 29.4. The molecule has 49 heavy (non-hydrogen) atoms. The van der Waals surface area contributed by atoms with Crippen LogP contribution < -0.4 is 0 Å². The molecule has 3 saturated carbocycles. The first kappa shape index (κ1) is 34.3. The Labute approximate surface area is 293 Å². The molecule has 3 unspecified atom stereocenters. The predicted molar refractivity (Wildman–Crippen MR) is 195 cm³/mol. The molecule has 3 aromatic carbocycles. The molecular weight excluding hydrogens is 609 g/mol. The summed E-state index contributed by atoms with van der Waals surface area (Å²) in [6.45, 7) is 3.80. The number of rotatable bonds is 11. The third kappa shape index (κ3) is 7.34. The number of phenols is 1.